The second-order valence-corrected chi connectivity index (χ2v) is 9.76. The number of rotatable bonds is 11. The van der Waals surface area contributed by atoms with Crippen LogP contribution in [0.2, 0.25) is 0 Å². The van der Waals surface area contributed by atoms with Gasteiger partial charge in [-0.2, -0.15) is 5.26 Å². The number of hydrogen-bond acceptors (Lipinski definition) is 6. The first-order valence-corrected chi connectivity index (χ1v) is 12.4. The predicted octanol–water partition coefficient (Wildman–Crippen LogP) is 5.41. The molecule has 0 heterocycles. The number of aryl methyl sites for hydroxylation is 1. The Bertz CT molecular complexity index is 1050. The predicted molar refractivity (Wildman–Crippen MR) is 139 cm³/mol. The lowest BCUT2D eigenvalue weighted by Crippen LogP contribution is -2.38. The zero-order valence-electron chi connectivity index (χ0n) is 22.3. The fraction of sp³-hybridized carbons (Fsp3) is 0.552. The van der Waals surface area contributed by atoms with Gasteiger partial charge in [-0.15, -0.1) is 0 Å². The van der Waals surface area contributed by atoms with Crippen molar-refractivity contribution in [1.29, 1.82) is 5.26 Å². The maximum absolute atomic E-state index is 10.3. The molecule has 2 atom stereocenters. The van der Waals surface area contributed by atoms with Crippen LogP contribution in [0.4, 0.5) is 0 Å². The first-order valence-electron chi connectivity index (χ1n) is 12.4. The standard InChI is InChI=1S/C29H40N2O4/c1-20(2)29(19-30,23-10-12-25(32-4)28(18-23)35-7)13-8-14-31(3)24-11-9-21-16-26(33-5)27(34-6)17-22(21)15-24/h10,12,16-18,20,24H,8-9,11,13-15H2,1-7H3. The van der Waals surface area contributed by atoms with Crippen LogP contribution in [0.25, 0.3) is 0 Å². The summed E-state index contributed by atoms with van der Waals surface area (Å²) < 4.78 is 21.9. The maximum Gasteiger partial charge on any atom is 0.161 e. The van der Waals surface area contributed by atoms with Gasteiger partial charge in [0.05, 0.1) is 39.9 Å². The van der Waals surface area contributed by atoms with Gasteiger partial charge in [-0.25, -0.2) is 0 Å². The topological polar surface area (TPSA) is 64.0 Å². The summed E-state index contributed by atoms with van der Waals surface area (Å²) >= 11 is 0. The average Bonchev–Trinajstić information content (AvgIpc) is 2.89. The number of benzene rings is 2. The highest BCUT2D eigenvalue weighted by atomic mass is 16.5. The van der Waals surface area contributed by atoms with Crippen molar-refractivity contribution in [1.82, 2.24) is 4.90 Å². The van der Waals surface area contributed by atoms with Gasteiger partial charge in [0.1, 0.15) is 0 Å². The van der Waals surface area contributed by atoms with Crippen molar-refractivity contribution in [3.05, 3.63) is 47.0 Å². The monoisotopic (exact) mass is 480 g/mol. The molecular formula is C29H40N2O4. The first-order chi connectivity index (χ1) is 16.8. The second kappa shape index (κ2) is 11.7. The minimum Gasteiger partial charge on any atom is -0.493 e. The molecule has 3 rings (SSSR count). The molecule has 0 bridgehead atoms. The Morgan fingerprint density at radius 3 is 2.11 bits per heavy atom. The molecule has 0 spiro atoms. The van der Waals surface area contributed by atoms with Crippen LogP contribution in [0, 0.1) is 17.2 Å². The fourth-order valence-electron chi connectivity index (χ4n) is 5.36. The minimum atomic E-state index is -0.580. The van der Waals surface area contributed by atoms with E-state index in [0.29, 0.717) is 17.5 Å². The summed E-state index contributed by atoms with van der Waals surface area (Å²) in [4.78, 5) is 2.46. The summed E-state index contributed by atoms with van der Waals surface area (Å²) in [6.45, 7) is 5.20. The van der Waals surface area contributed by atoms with Crippen LogP contribution in [0.1, 0.15) is 49.8 Å². The van der Waals surface area contributed by atoms with E-state index in [9.17, 15) is 5.26 Å². The number of fused-ring (bicyclic) bond motifs is 1. The third kappa shape index (κ3) is 5.51. The molecule has 1 aliphatic carbocycles. The van der Waals surface area contributed by atoms with E-state index in [1.54, 1.807) is 28.4 Å². The quantitative estimate of drug-likeness (QED) is 0.429. The van der Waals surface area contributed by atoms with Crippen LogP contribution in [0.3, 0.4) is 0 Å². The number of nitriles is 1. The summed E-state index contributed by atoms with van der Waals surface area (Å²) in [5.41, 5.74) is 3.10. The number of methoxy groups -OCH3 is 4. The molecule has 2 unspecified atom stereocenters. The van der Waals surface area contributed by atoms with Crippen LogP contribution in [0.15, 0.2) is 30.3 Å². The van der Waals surface area contributed by atoms with Gasteiger partial charge in [0, 0.05) is 6.04 Å². The maximum atomic E-state index is 10.3. The molecule has 0 fully saturated rings. The van der Waals surface area contributed by atoms with Crippen molar-refractivity contribution in [3.8, 4) is 29.1 Å². The Balaban J connectivity index is 1.70. The van der Waals surface area contributed by atoms with E-state index in [1.807, 2.05) is 18.2 Å². The molecule has 0 aliphatic heterocycles. The van der Waals surface area contributed by atoms with Crippen molar-refractivity contribution in [2.75, 3.05) is 42.0 Å². The van der Waals surface area contributed by atoms with Gasteiger partial charge in [-0.3, -0.25) is 0 Å². The molecule has 0 radical (unpaired) electrons. The lowest BCUT2D eigenvalue weighted by Gasteiger charge is -2.35. The van der Waals surface area contributed by atoms with Gasteiger partial charge < -0.3 is 23.8 Å². The molecule has 190 valence electrons. The molecule has 0 saturated carbocycles. The van der Waals surface area contributed by atoms with Gasteiger partial charge in [-0.05, 0) is 92.6 Å². The average molecular weight is 481 g/mol. The van der Waals surface area contributed by atoms with Gasteiger partial charge in [0.2, 0.25) is 0 Å². The van der Waals surface area contributed by atoms with E-state index in [-0.39, 0.29) is 5.92 Å². The van der Waals surface area contributed by atoms with Crippen LogP contribution in [0.5, 0.6) is 23.0 Å². The lowest BCUT2D eigenvalue weighted by atomic mass is 9.69. The molecule has 2 aromatic rings. The molecule has 0 saturated heterocycles. The highest BCUT2D eigenvalue weighted by Crippen LogP contribution is 2.41. The van der Waals surface area contributed by atoms with E-state index in [4.69, 9.17) is 18.9 Å². The number of likely N-dealkylation sites (N-methyl/N-ethyl adjacent to an activating group) is 1. The zero-order valence-corrected chi connectivity index (χ0v) is 22.3. The Hall–Kier alpha value is -2.91. The largest absolute Gasteiger partial charge is 0.493 e. The van der Waals surface area contributed by atoms with E-state index in [2.05, 4.69) is 44.0 Å². The highest BCUT2D eigenvalue weighted by molar-refractivity contribution is 5.49. The second-order valence-electron chi connectivity index (χ2n) is 9.76. The molecule has 6 heteroatoms. The summed E-state index contributed by atoms with van der Waals surface area (Å²) in [5.74, 6) is 3.10. The summed E-state index contributed by atoms with van der Waals surface area (Å²) in [6, 6.07) is 13.3. The van der Waals surface area contributed by atoms with Crippen LogP contribution >= 0.6 is 0 Å². The van der Waals surface area contributed by atoms with Crippen molar-refractivity contribution < 1.29 is 18.9 Å². The van der Waals surface area contributed by atoms with Crippen LogP contribution < -0.4 is 18.9 Å². The Kier molecular flexibility index (Phi) is 8.91. The van der Waals surface area contributed by atoms with Gasteiger partial charge in [-0.1, -0.05) is 19.9 Å². The SMILES string of the molecule is COc1ccc(C(C#N)(CCCN(C)C2CCc3cc(OC)c(OC)cc3C2)C(C)C)cc1OC. The molecule has 1 aliphatic rings. The number of hydrogen-bond donors (Lipinski definition) is 0. The van der Waals surface area contributed by atoms with E-state index < -0.39 is 5.41 Å². The Labute approximate surface area is 210 Å². The Morgan fingerprint density at radius 2 is 1.54 bits per heavy atom. The van der Waals surface area contributed by atoms with E-state index in [1.165, 1.54) is 11.1 Å². The molecule has 35 heavy (non-hydrogen) atoms. The van der Waals surface area contributed by atoms with Crippen molar-refractivity contribution >= 4 is 0 Å². The Morgan fingerprint density at radius 1 is 0.943 bits per heavy atom. The van der Waals surface area contributed by atoms with Crippen molar-refractivity contribution in [2.45, 2.75) is 57.4 Å². The van der Waals surface area contributed by atoms with Gasteiger partial charge in [0.25, 0.3) is 0 Å². The lowest BCUT2D eigenvalue weighted by molar-refractivity contribution is 0.208. The first kappa shape index (κ1) is 26.7. The summed E-state index contributed by atoms with van der Waals surface area (Å²) in [5, 5.41) is 10.3. The van der Waals surface area contributed by atoms with Crippen molar-refractivity contribution in [3.63, 3.8) is 0 Å². The van der Waals surface area contributed by atoms with Crippen molar-refractivity contribution in [2.24, 2.45) is 5.92 Å². The normalized spacial score (nSPS) is 16.9. The van der Waals surface area contributed by atoms with Gasteiger partial charge >= 0.3 is 0 Å². The molecule has 2 aromatic carbocycles. The third-order valence-corrected chi connectivity index (χ3v) is 7.70. The fourth-order valence-corrected chi connectivity index (χ4v) is 5.36. The van der Waals surface area contributed by atoms with E-state index >= 15 is 0 Å². The smallest absolute Gasteiger partial charge is 0.161 e. The van der Waals surface area contributed by atoms with Crippen LogP contribution in [-0.4, -0.2) is 53.0 Å². The molecule has 0 aromatic heterocycles. The van der Waals surface area contributed by atoms with E-state index in [0.717, 1.165) is 55.7 Å². The number of ether oxygens (including phenoxy) is 4. The minimum absolute atomic E-state index is 0.167. The molecule has 0 N–H and O–H groups in total. The molecular weight excluding hydrogens is 440 g/mol. The van der Waals surface area contributed by atoms with Crippen LogP contribution in [-0.2, 0) is 18.3 Å². The van der Waals surface area contributed by atoms with Gasteiger partial charge in [0.15, 0.2) is 23.0 Å². The summed E-state index contributed by atoms with van der Waals surface area (Å²) in [6.07, 6.45) is 4.86. The third-order valence-electron chi connectivity index (χ3n) is 7.70. The summed E-state index contributed by atoms with van der Waals surface area (Å²) in [7, 11) is 8.84. The molecule has 6 nitrogen and oxygen atoms in total. The zero-order chi connectivity index (χ0) is 25.6. The number of nitrogens with zero attached hydrogens (tertiary/aromatic N) is 2. The highest BCUT2D eigenvalue weighted by Gasteiger charge is 2.36. The molecule has 0 amide bonds.